The summed E-state index contributed by atoms with van der Waals surface area (Å²) in [6.07, 6.45) is 1.36. The van der Waals surface area contributed by atoms with Gasteiger partial charge in [0.1, 0.15) is 18.2 Å². The quantitative estimate of drug-likeness (QED) is 0.513. The lowest BCUT2D eigenvalue weighted by Gasteiger charge is -2.07. The number of carbonyl (C=O) groups excluding carboxylic acids is 1. The Morgan fingerprint density at radius 2 is 2.26 bits per heavy atom. The topological polar surface area (TPSA) is 77.5 Å². The highest BCUT2D eigenvalue weighted by atomic mass is 79.9. The zero-order chi connectivity index (χ0) is 13.8. The van der Waals surface area contributed by atoms with Crippen molar-refractivity contribution < 1.29 is 18.3 Å². The number of hydrogen-bond donors (Lipinski definition) is 2. The molecule has 0 aliphatic rings. The fourth-order valence-corrected chi connectivity index (χ4v) is 1.93. The van der Waals surface area contributed by atoms with E-state index >= 15 is 0 Å². The largest absolute Gasteiger partial charge is 0.488 e. The van der Waals surface area contributed by atoms with Gasteiger partial charge in [0.25, 0.3) is 0 Å². The lowest BCUT2D eigenvalue weighted by Crippen LogP contribution is -2.30. The van der Waals surface area contributed by atoms with Crippen LogP contribution in [0.3, 0.4) is 0 Å². The molecular weight excluding hydrogens is 319 g/mol. The molecule has 100 valence electrons. The first-order valence-corrected chi connectivity index (χ1v) is 6.06. The number of benzene rings is 1. The molecule has 1 aromatic heterocycles. The Balaban J connectivity index is 2.10. The number of nitrogens with two attached hydrogens (primary N) is 1. The normalized spacial score (nSPS) is 10.3. The van der Waals surface area contributed by atoms with Gasteiger partial charge in [0.05, 0.1) is 10.7 Å². The molecule has 0 fully saturated rings. The van der Waals surface area contributed by atoms with Crippen LogP contribution in [0.15, 0.2) is 39.4 Å². The van der Waals surface area contributed by atoms with Gasteiger partial charge in [-0.15, -0.1) is 0 Å². The van der Waals surface area contributed by atoms with E-state index in [0.29, 0.717) is 15.8 Å². The Bertz CT molecular complexity index is 600. The number of hydrazine groups is 1. The van der Waals surface area contributed by atoms with E-state index in [1.54, 1.807) is 6.07 Å². The Labute approximate surface area is 116 Å². The van der Waals surface area contributed by atoms with Crippen LogP contribution >= 0.6 is 15.9 Å². The number of furan rings is 1. The van der Waals surface area contributed by atoms with Crippen molar-refractivity contribution in [3.63, 3.8) is 0 Å². The monoisotopic (exact) mass is 328 g/mol. The van der Waals surface area contributed by atoms with Crippen LogP contribution in [-0.4, -0.2) is 5.91 Å². The van der Waals surface area contributed by atoms with Crippen molar-refractivity contribution in [1.82, 2.24) is 5.43 Å². The van der Waals surface area contributed by atoms with Gasteiger partial charge in [0.15, 0.2) is 5.76 Å². The second-order valence-corrected chi connectivity index (χ2v) is 4.47. The number of hydrogen-bond acceptors (Lipinski definition) is 4. The summed E-state index contributed by atoms with van der Waals surface area (Å²) in [5, 5.41) is 0. The second-order valence-electron chi connectivity index (χ2n) is 3.61. The maximum absolute atomic E-state index is 12.9. The lowest BCUT2D eigenvalue weighted by molar-refractivity contribution is 0.0922. The van der Waals surface area contributed by atoms with Crippen molar-refractivity contribution in [3.05, 3.63) is 52.1 Å². The number of rotatable bonds is 4. The maximum Gasteiger partial charge on any atom is 0.301 e. The van der Waals surface area contributed by atoms with Gasteiger partial charge in [-0.05, 0) is 40.2 Å². The molecule has 2 rings (SSSR count). The van der Waals surface area contributed by atoms with E-state index in [4.69, 9.17) is 15.0 Å². The molecule has 5 nitrogen and oxygen atoms in total. The summed E-state index contributed by atoms with van der Waals surface area (Å²) in [5.74, 6) is 4.66. The van der Waals surface area contributed by atoms with E-state index in [0.717, 1.165) is 0 Å². The van der Waals surface area contributed by atoms with Crippen molar-refractivity contribution in [2.45, 2.75) is 6.61 Å². The molecule has 0 atom stereocenters. The van der Waals surface area contributed by atoms with E-state index in [1.807, 2.05) is 5.43 Å². The number of nitrogens with one attached hydrogen (secondary N) is 1. The average Bonchev–Trinajstić information content (AvgIpc) is 2.85. The molecule has 1 amide bonds. The molecule has 7 heteroatoms. The van der Waals surface area contributed by atoms with Crippen molar-refractivity contribution in [2.75, 3.05) is 0 Å². The smallest absolute Gasteiger partial charge is 0.301 e. The van der Waals surface area contributed by atoms with E-state index in [2.05, 4.69) is 15.9 Å². The van der Waals surface area contributed by atoms with Gasteiger partial charge in [-0.1, -0.05) is 0 Å². The number of nitrogen functional groups attached to an aromatic ring is 1. The summed E-state index contributed by atoms with van der Waals surface area (Å²) >= 11 is 3.18. The third-order valence-corrected chi connectivity index (χ3v) is 2.98. The van der Waals surface area contributed by atoms with Crippen LogP contribution in [0.25, 0.3) is 0 Å². The highest BCUT2D eigenvalue weighted by Crippen LogP contribution is 2.26. The first-order valence-electron chi connectivity index (χ1n) is 5.27. The summed E-state index contributed by atoms with van der Waals surface area (Å²) in [7, 11) is 0. The van der Waals surface area contributed by atoms with Gasteiger partial charge in [0.2, 0.25) is 0 Å². The molecule has 0 unspecified atom stereocenters. The molecule has 0 saturated carbocycles. The van der Waals surface area contributed by atoms with E-state index in [9.17, 15) is 9.18 Å². The first kappa shape index (κ1) is 13.6. The van der Waals surface area contributed by atoms with Crippen molar-refractivity contribution in [1.29, 1.82) is 0 Å². The number of halogens is 2. The summed E-state index contributed by atoms with van der Waals surface area (Å²) < 4.78 is 23.9. The maximum atomic E-state index is 12.9. The Morgan fingerprint density at radius 3 is 2.95 bits per heavy atom. The Morgan fingerprint density at radius 1 is 1.47 bits per heavy atom. The molecule has 3 N–H and O–H groups in total. The molecule has 0 radical (unpaired) electrons. The van der Waals surface area contributed by atoms with Crippen LogP contribution in [0, 0.1) is 5.82 Å². The standard InChI is InChI=1S/C12H10BrFN2O3/c13-9-5-8(14)1-2-10(9)19-6-7-3-4-18-11(7)12(17)16-15/h1-5H,6,15H2,(H,16,17). The van der Waals surface area contributed by atoms with Crippen LogP contribution in [0.5, 0.6) is 5.75 Å². The third-order valence-electron chi connectivity index (χ3n) is 2.36. The minimum atomic E-state index is -0.540. The first-order chi connectivity index (χ1) is 9.11. The van der Waals surface area contributed by atoms with Gasteiger partial charge in [-0.3, -0.25) is 10.2 Å². The van der Waals surface area contributed by atoms with Crippen LogP contribution in [0.4, 0.5) is 4.39 Å². The highest BCUT2D eigenvalue weighted by molar-refractivity contribution is 9.10. The van der Waals surface area contributed by atoms with Crippen molar-refractivity contribution >= 4 is 21.8 Å². The van der Waals surface area contributed by atoms with E-state index in [1.165, 1.54) is 24.5 Å². The number of ether oxygens (including phenoxy) is 1. The molecule has 19 heavy (non-hydrogen) atoms. The second kappa shape index (κ2) is 5.85. The van der Waals surface area contributed by atoms with Gasteiger partial charge in [-0.2, -0.15) is 0 Å². The predicted octanol–water partition coefficient (Wildman–Crippen LogP) is 2.36. The molecule has 2 aromatic rings. The van der Waals surface area contributed by atoms with E-state index in [-0.39, 0.29) is 18.2 Å². The molecular formula is C12H10BrFN2O3. The number of amides is 1. The zero-order valence-electron chi connectivity index (χ0n) is 9.65. The zero-order valence-corrected chi connectivity index (χ0v) is 11.2. The fourth-order valence-electron chi connectivity index (χ4n) is 1.46. The third kappa shape index (κ3) is 3.12. The molecule has 0 spiro atoms. The minimum Gasteiger partial charge on any atom is -0.488 e. The summed E-state index contributed by atoms with van der Waals surface area (Å²) in [5.41, 5.74) is 2.52. The van der Waals surface area contributed by atoms with E-state index < -0.39 is 5.91 Å². The minimum absolute atomic E-state index is 0.0840. The SMILES string of the molecule is NNC(=O)c1occc1COc1ccc(F)cc1Br. The molecule has 0 aliphatic heterocycles. The fraction of sp³-hybridized carbons (Fsp3) is 0.0833. The summed E-state index contributed by atoms with van der Waals surface area (Å²) in [6.45, 7) is 0.101. The van der Waals surface area contributed by atoms with Crippen molar-refractivity contribution in [2.24, 2.45) is 5.84 Å². The molecule has 0 bridgehead atoms. The molecule has 0 aliphatic carbocycles. The van der Waals surface area contributed by atoms with Crippen molar-refractivity contribution in [3.8, 4) is 5.75 Å². The summed E-state index contributed by atoms with van der Waals surface area (Å²) in [6, 6.07) is 5.66. The van der Waals surface area contributed by atoms with Gasteiger partial charge in [0, 0.05) is 5.56 Å². The number of carbonyl (C=O) groups is 1. The predicted molar refractivity (Wildman–Crippen MR) is 68.8 cm³/mol. The van der Waals surface area contributed by atoms with Crippen LogP contribution < -0.4 is 16.0 Å². The Hall–Kier alpha value is -1.86. The van der Waals surface area contributed by atoms with Gasteiger partial charge >= 0.3 is 5.91 Å². The van der Waals surface area contributed by atoms with Gasteiger partial charge in [-0.25, -0.2) is 10.2 Å². The van der Waals surface area contributed by atoms with Crippen LogP contribution in [0.1, 0.15) is 16.1 Å². The van der Waals surface area contributed by atoms with Gasteiger partial charge < -0.3 is 9.15 Å². The molecule has 0 saturated heterocycles. The molecule has 1 heterocycles. The molecule has 1 aromatic carbocycles. The summed E-state index contributed by atoms with van der Waals surface area (Å²) in [4.78, 5) is 11.4. The highest BCUT2D eigenvalue weighted by Gasteiger charge is 2.15. The van der Waals surface area contributed by atoms with Crippen LogP contribution in [-0.2, 0) is 6.61 Å². The Kier molecular flexibility index (Phi) is 4.18. The lowest BCUT2D eigenvalue weighted by atomic mass is 10.2. The van der Waals surface area contributed by atoms with Crippen LogP contribution in [0.2, 0.25) is 0 Å². The average molecular weight is 329 g/mol.